The minimum absolute atomic E-state index is 0.178. The summed E-state index contributed by atoms with van der Waals surface area (Å²) in [4.78, 5) is 20.5. The van der Waals surface area contributed by atoms with Gasteiger partial charge >= 0.3 is 6.03 Å². The molecule has 6 nitrogen and oxygen atoms in total. The van der Waals surface area contributed by atoms with Crippen molar-refractivity contribution >= 4 is 17.6 Å². The molecule has 1 aromatic carbocycles. The normalized spacial score (nSPS) is 17.6. The summed E-state index contributed by atoms with van der Waals surface area (Å²) < 4.78 is 10.7. The molecule has 26 heavy (non-hydrogen) atoms. The molecule has 0 aliphatic carbocycles. The number of anilines is 1. The minimum Gasteiger partial charge on any atom is -0.497 e. The highest BCUT2D eigenvalue weighted by Crippen LogP contribution is 2.35. The largest absolute Gasteiger partial charge is 0.497 e. The molecule has 0 spiro atoms. The van der Waals surface area contributed by atoms with E-state index in [0.29, 0.717) is 29.6 Å². The molecule has 0 aromatic heterocycles. The molecular formula is C20H29N3O3. The van der Waals surface area contributed by atoms with Gasteiger partial charge in [-0.05, 0) is 26.0 Å². The van der Waals surface area contributed by atoms with Gasteiger partial charge in [-0.3, -0.25) is 9.89 Å². The maximum atomic E-state index is 13.0. The van der Waals surface area contributed by atoms with Crippen LogP contribution < -0.4 is 14.4 Å². The third-order valence-corrected chi connectivity index (χ3v) is 3.79. The molecule has 0 bridgehead atoms. The van der Waals surface area contributed by atoms with Crippen LogP contribution in [0.5, 0.6) is 11.5 Å². The second-order valence-corrected chi connectivity index (χ2v) is 5.13. The number of rotatable bonds is 4. The van der Waals surface area contributed by atoms with Crippen LogP contribution in [0.15, 0.2) is 47.1 Å². The van der Waals surface area contributed by atoms with Crippen LogP contribution in [0.25, 0.3) is 0 Å². The van der Waals surface area contributed by atoms with E-state index in [1.165, 1.54) is 0 Å². The van der Waals surface area contributed by atoms with Crippen LogP contribution in [0.2, 0.25) is 0 Å². The van der Waals surface area contributed by atoms with E-state index in [4.69, 9.17) is 9.47 Å². The van der Waals surface area contributed by atoms with Gasteiger partial charge in [0.15, 0.2) is 0 Å². The number of urea groups is 1. The van der Waals surface area contributed by atoms with Gasteiger partial charge in [0.1, 0.15) is 17.3 Å². The number of ether oxygens (including phenoxy) is 2. The van der Waals surface area contributed by atoms with Crippen molar-refractivity contribution in [1.82, 2.24) is 4.90 Å². The average Bonchev–Trinajstić information content (AvgIpc) is 2.70. The van der Waals surface area contributed by atoms with Crippen LogP contribution in [0, 0.1) is 0 Å². The molecule has 0 atom stereocenters. The van der Waals surface area contributed by atoms with Crippen LogP contribution >= 0.6 is 0 Å². The molecule has 6 heteroatoms. The zero-order valence-electron chi connectivity index (χ0n) is 16.7. The van der Waals surface area contributed by atoms with Crippen molar-refractivity contribution in [3.63, 3.8) is 0 Å². The van der Waals surface area contributed by atoms with Crippen molar-refractivity contribution in [2.75, 3.05) is 32.7 Å². The Bertz CT molecular complexity index is 708. The molecule has 1 aliphatic heterocycles. The third kappa shape index (κ3) is 4.25. The van der Waals surface area contributed by atoms with E-state index in [1.54, 1.807) is 55.5 Å². The van der Waals surface area contributed by atoms with Crippen molar-refractivity contribution in [2.45, 2.75) is 27.7 Å². The fraction of sp³-hybridized carbons (Fsp3) is 0.400. The second kappa shape index (κ2) is 10.3. The van der Waals surface area contributed by atoms with E-state index in [-0.39, 0.29) is 6.03 Å². The van der Waals surface area contributed by atoms with Crippen LogP contribution in [0.3, 0.4) is 0 Å². The molecule has 142 valence electrons. The fourth-order valence-electron chi connectivity index (χ4n) is 2.63. The first-order chi connectivity index (χ1) is 12.6. The van der Waals surface area contributed by atoms with Gasteiger partial charge in [0.25, 0.3) is 0 Å². The van der Waals surface area contributed by atoms with E-state index in [1.807, 2.05) is 39.8 Å². The maximum Gasteiger partial charge on any atom is 0.334 e. The number of allylic oxidation sites excluding steroid dienone is 2. The zero-order valence-corrected chi connectivity index (χ0v) is 16.7. The van der Waals surface area contributed by atoms with Gasteiger partial charge in [-0.25, -0.2) is 9.69 Å². The smallest absolute Gasteiger partial charge is 0.334 e. The highest BCUT2D eigenvalue weighted by molar-refractivity contribution is 6.25. The van der Waals surface area contributed by atoms with Crippen molar-refractivity contribution < 1.29 is 14.3 Å². The van der Waals surface area contributed by atoms with Gasteiger partial charge in [0.05, 0.1) is 26.5 Å². The third-order valence-electron chi connectivity index (χ3n) is 3.79. The van der Waals surface area contributed by atoms with Crippen molar-refractivity contribution in [2.24, 2.45) is 4.99 Å². The van der Waals surface area contributed by atoms with E-state index in [9.17, 15) is 4.79 Å². The van der Waals surface area contributed by atoms with Gasteiger partial charge in [-0.1, -0.05) is 26.0 Å². The first-order valence-electron chi connectivity index (χ1n) is 8.69. The number of benzene rings is 1. The summed E-state index contributed by atoms with van der Waals surface area (Å²) in [5.74, 6) is 1.82. The number of methoxy groups -OCH3 is 2. The zero-order chi connectivity index (χ0) is 19.7. The Labute approximate surface area is 156 Å². The van der Waals surface area contributed by atoms with Gasteiger partial charge in [0, 0.05) is 24.9 Å². The van der Waals surface area contributed by atoms with E-state index in [2.05, 4.69) is 4.99 Å². The Kier molecular flexibility index (Phi) is 8.42. The molecular weight excluding hydrogens is 330 g/mol. The first-order valence-corrected chi connectivity index (χ1v) is 8.69. The molecule has 2 amide bonds. The summed E-state index contributed by atoms with van der Waals surface area (Å²) >= 11 is 0. The maximum absolute atomic E-state index is 13.0. The summed E-state index contributed by atoms with van der Waals surface area (Å²) in [7, 11) is 4.83. The Hall–Kier alpha value is -2.76. The Morgan fingerprint density at radius 2 is 1.85 bits per heavy atom. The van der Waals surface area contributed by atoms with E-state index < -0.39 is 0 Å². The molecule has 0 N–H and O–H groups in total. The number of carbonyl (C=O) groups is 1. The lowest BCUT2D eigenvalue weighted by atomic mass is 10.1. The SMILES string of the molecule is C/C=C\N1C/C(=C/C)C(=NC)N(c2ccc(OC)cc2OC)C1=O.CC. The standard InChI is InChI=1S/C18H23N3O3.C2H6/c1-6-10-20-12-13(7-2)17(19-3)21(18(20)22)15-9-8-14(23-4)11-16(15)24-5;1-2/h6-11H,12H2,1-5H3;1-2H3/b10-6-,13-7-,19-17?;. The summed E-state index contributed by atoms with van der Waals surface area (Å²) in [5, 5.41) is 0. The molecule has 0 saturated carbocycles. The lowest BCUT2D eigenvalue weighted by Gasteiger charge is -2.36. The Morgan fingerprint density at radius 3 is 2.35 bits per heavy atom. The summed E-state index contributed by atoms with van der Waals surface area (Å²) in [6.07, 6.45) is 5.57. The quantitative estimate of drug-likeness (QED) is 0.796. The van der Waals surface area contributed by atoms with Gasteiger partial charge in [0.2, 0.25) is 0 Å². The number of aliphatic imine (C=N–C) groups is 1. The van der Waals surface area contributed by atoms with Crippen LogP contribution in [0.1, 0.15) is 27.7 Å². The van der Waals surface area contributed by atoms with Crippen LogP contribution in [-0.2, 0) is 0 Å². The van der Waals surface area contributed by atoms with Crippen molar-refractivity contribution in [3.05, 3.63) is 42.1 Å². The molecule has 1 saturated heterocycles. The average molecular weight is 359 g/mol. The topological polar surface area (TPSA) is 54.4 Å². The van der Waals surface area contributed by atoms with Gasteiger partial charge < -0.3 is 9.47 Å². The number of amides is 2. The molecule has 0 radical (unpaired) electrons. The molecule has 1 fully saturated rings. The van der Waals surface area contributed by atoms with E-state index >= 15 is 0 Å². The second-order valence-electron chi connectivity index (χ2n) is 5.13. The molecule has 1 heterocycles. The molecule has 1 aliphatic rings. The number of amidine groups is 1. The number of nitrogens with zero attached hydrogens (tertiary/aromatic N) is 3. The number of carbonyl (C=O) groups excluding carboxylic acids is 1. The van der Waals surface area contributed by atoms with Crippen molar-refractivity contribution in [3.8, 4) is 11.5 Å². The Morgan fingerprint density at radius 1 is 1.15 bits per heavy atom. The lowest BCUT2D eigenvalue weighted by Crippen LogP contribution is -2.52. The predicted octanol–water partition coefficient (Wildman–Crippen LogP) is 4.48. The number of hydrogen-bond donors (Lipinski definition) is 0. The van der Waals surface area contributed by atoms with Gasteiger partial charge in [-0.2, -0.15) is 0 Å². The van der Waals surface area contributed by atoms with E-state index in [0.717, 1.165) is 5.57 Å². The van der Waals surface area contributed by atoms with Crippen LogP contribution in [-0.4, -0.2) is 44.6 Å². The monoisotopic (exact) mass is 359 g/mol. The lowest BCUT2D eigenvalue weighted by molar-refractivity contribution is 0.226. The molecule has 0 unspecified atom stereocenters. The highest BCUT2D eigenvalue weighted by Gasteiger charge is 2.35. The first kappa shape index (κ1) is 21.3. The molecule has 2 rings (SSSR count). The predicted molar refractivity (Wildman–Crippen MR) is 107 cm³/mol. The van der Waals surface area contributed by atoms with Crippen molar-refractivity contribution in [1.29, 1.82) is 0 Å². The number of hydrogen-bond acceptors (Lipinski definition) is 4. The summed E-state index contributed by atoms with van der Waals surface area (Å²) in [6.45, 7) is 8.30. The summed E-state index contributed by atoms with van der Waals surface area (Å²) in [6, 6.07) is 5.16. The Balaban J connectivity index is 0.00000163. The molecule has 1 aromatic rings. The fourth-order valence-corrected chi connectivity index (χ4v) is 2.63. The summed E-state index contributed by atoms with van der Waals surface area (Å²) in [5.41, 5.74) is 1.59. The highest BCUT2D eigenvalue weighted by atomic mass is 16.5. The minimum atomic E-state index is -0.178. The van der Waals surface area contributed by atoms with Gasteiger partial charge in [-0.15, -0.1) is 0 Å². The van der Waals surface area contributed by atoms with Crippen LogP contribution in [0.4, 0.5) is 10.5 Å².